The van der Waals surface area contributed by atoms with Crippen LogP contribution >= 0.6 is 11.6 Å². The average molecular weight is 464 g/mol. The van der Waals surface area contributed by atoms with Crippen molar-refractivity contribution in [3.63, 3.8) is 0 Å². The normalized spacial score (nSPS) is 19.3. The van der Waals surface area contributed by atoms with E-state index in [1.54, 1.807) is 0 Å². The van der Waals surface area contributed by atoms with E-state index in [0.29, 0.717) is 18.1 Å². The number of amides is 1. The molecular weight excluding hydrogens is 434 g/mol. The fourth-order valence-corrected chi connectivity index (χ4v) is 4.31. The summed E-state index contributed by atoms with van der Waals surface area (Å²) >= 11 is 6.47. The van der Waals surface area contributed by atoms with Gasteiger partial charge in [-0.3, -0.25) is 4.90 Å². The van der Waals surface area contributed by atoms with E-state index < -0.39 is 11.7 Å². The number of hydrogen-bond acceptors (Lipinski definition) is 4. The van der Waals surface area contributed by atoms with Gasteiger partial charge < -0.3 is 10.1 Å². The average Bonchev–Trinajstić information content (AvgIpc) is 3.14. The number of nitrogens with one attached hydrogen (secondary N) is 1. The molecule has 1 aliphatic rings. The maximum atomic E-state index is 12.7. The van der Waals surface area contributed by atoms with E-state index in [-0.39, 0.29) is 5.54 Å². The van der Waals surface area contributed by atoms with Crippen molar-refractivity contribution in [1.29, 1.82) is 0 Å². The highest BCUT2D eigenvalue weighted by atomic mass is 35.5. The molecule has 4 rings (SSSR count). The van der Waals surface area contributed by atoms with E-state index in [9.17, 15) is 4.79 Å². The molecular formula is C27H30ClN3O2. The zero-order chi connectivity index (χ0) is 23.5. The molecule has 1 aliphatic heterocycles. The van der Waals surface area contributed by atoms with Gasteiger partial charge >= 0.3 is 6.09 Å². The summed E-state index contributed by atoms with van der Waals surface area (Å²) in [4.78, 5) is 19.5. The number of carbonyl (C=O) groups excluding carboxylic acids is 1. The second kappa shape index (κ2) is 9.54. The largest absolute Gasteiger partial charge is 0.437 e. The predicted molar refractivity (Wildman–Crippen MR) is 134 cm³/mol. The van der Waals surface area contributed by atoms with Crippen molar-refractivity contribution in [2.45, 2.75) is 44.9 Å². The maximum absolute atomic E-state index is 12.7. The number of alkyl carbamates (subject to hydrolysis) is 1. The third-order valence-electron chi connectivity index (χ3n) is 5.64. The van der Waals surface area contributed by atoms with Crippen LogP contribution in [0.1, 0.15) is 38.3 Å². The molecule has 0 aliphatic carbocycles. The molecule has 1 saturated heterocycles. The molecule has 2 heterocycles. The molecule has 1 N–H and O–H groups in total. The Bertz CT molecular complexity index is 1160. The SMILES string of the molecule is CC(C)(C)NC(=O)OC1(/C=C/c2cc3ccccc3nc2Cl)CCN(Cc2ccccc2)C1. The first-order valence-electron chi connectivity index (χ1n) is 11.2. The first-order valence-corrected chi connectivity index (χ1v) is 11.6. The van der Waals surface area contributed by atoms with Gasteiger partial charge in [-0.25, -0.2) is 9.78 Å². The van der Waals surface area contributed by atoms with Gasteiger partial charge in [0.05, 0.1) is 5.52 Å². The van der Waals surface area contributed by atoms with Crippen LogP contribution in [0.25, 0.3) is 17.0 Å². The monoisotopic (exact) mass is 463 g/mol. The first-order chi connectivity index (χ1) is 15.7. The van der Waals surface area contributed by atoms with Crippen molar-refractivity contribution in [3.8, 4) is 0 Å². The summed E-state index contributed by atoms with van der Waals surface area (Å²) in [6, 6.07) is 20.2. The van der Waals surface area contributed by atoms with Crippen LogP contribution < -0.4 is 5.32 Å². The number of benzene rings is 2. The number of rotatable bonds is 5. The van der Waals surface area contributed by atoms with Gasteiger partial charge in [-0.15, -0.1) is 0 Å². The van der Waals surface area contributed by atoms with Crippen molar-refractivity contribution in [3.05, 3.63) is 83.0 Å². The Balaban J connectivity index is 1.59. The van der Waals surface area contributed by atoms with E-state index in [4.69, 9.17) is 16.3 Å². The van der Waals surface area contributed by atoms with Crippen LogP contribution in [0.5, 0.6) is 0 Å². The molecule has 0 saturated carbocycles. The van der Waals surface area contributed by atoms with Crippen molar-refractivity contribution in [2.75, 3.05) is 13.1 Å². The number of likely N-dealkylation sites (tertiary alicyclic amines) is 1. The van der Waals surface area contributed by atoms with E-state index in [2.05, 4.69) is 27.3 Å². The summed E-state index contributed by atoms with van der Waals surface area (Å²) in [5.74, 6) is 0. The fraction of sp³-hybridized carbons (Fsp3) is 0.333. The third kappa shape index (κ3) is 6.12. The fourth-order valence-electron chi connectivity index (χ4n) is 4.10. The van der Waals surface area contributed by atoms with Crippen molar-refractivity contribution >= 4 is 34.7 Å². The molecule has 1 fully saturated rings. The standard InChI is InChI=1S/C27H30ClN3O2/c1-26(2,3)30-25(32)33-27(15-16-31(19-27)18-20-9-5-4-6-10-20)14-13-22-17-21-11-7-8-12-23(21)29-24(22)28/h4-14,17H,15-16,18-19H2,1-3H3,(H,30,32)/b14-13+. The Hall–Kier alpha value is -2.89. The topological polar surface area (TPSA) is 54.5 Å². The molecule has 1 unspecified atom stereocenters. The highest BCUT2D eigenvalue weighted by molar-refractivity contribution is 6.31. The van der Waals surface area contributed by atoms with Crippen LogP contribution in [0, 0.1) is 0 Å². The summed E-state index contributed by atoms with van der Waals surface area (Å²) in [7, 11) is 0. The van der Waals surface area contributed by atoms with Crippen LogP contribution in [0.4, 0.5) is 4.79 Å². The molecule has 3 aromatic rings. The first kappa shape index (κ1) is 23.3. The van der Waals surface area contributed by atoms with E-state index in [0.717, 1.165) is 29.6 Å². The minimum Gasteiger partial charge on any atom is -0.437 e. The minimum absolute atomic E-state index is 0.379. The summed E-state index contributed by atoms with van der Waals surface area (Å²) in [6.07, 6.45) is 4.18. The van der Waals surface area contributed by atoms with Gasteiger partial charge in [-0.2, -0.15) is 0 Å². The number of nitrogens with zero attached hydrogens (tertiary/aromatic N) is 2. The lowest BCUT2D eigenvalue weighted by Crippen LogP contribution is -2.46. The lowest BCUT2D eigenvalue weighted by Gasteiger charge is -2.29. The molecule has 0 radical (unpaired) electrons. The number of pyridine rings is 1. The van der Waals surface area contributed by atoms with Gasteiger partial charge in [-0.1, -0.05) is 66.2 Å². The van der Waals surface area contributed by atoms with Gasteiger partial charge in [0, 0.05) is 42.5 Å². The number of fused-ring (bicyclic) bond motifs is 1. The smallest absolute Gasteiger partial charge is 0.408 e. The molecule has 1 atom stereocenters. The Kier molecular flexibility index (Phi) is 6.73. The van der Waals surface area contributed by atoms with E-state index in [1.807, 2.05) is 81.5 Å². The summed E-state index contributed by atoms with van der Waals surface area (Å²) in [5, 5.41) is 4.36. The Morgan fingerprint density at radius 3 is 2.67 bits per heavy atom. The predicted octanol–water partition coefficient (Wildman–Crippen LogP) is 6.07. The van der Waals surface area contributed by atoms with Crippen molar-refractivity contribution in [2.24, 2.45) is 0 Å². The molecule has 5 nitrogen and oxygen atoms in total. The molecule has 2 aromatic carbocycles. The van der Waals surface area contributed by atoms with Crippen LogP contribution in [0.15, 0.2) is 66.7 Å². The summed E-state index contributed by atoms with van der Waals surface area (Å²) < 4.78 is 6.05. The number of carbonyl (C=O) groups is 1. The Labute approximate surface area is 200 Å². The van der Waals surface area contributed by atoms with Gasteiger partial charge in [0.1, 0.15) is 10.8 Å². The second-order valence-electron chi connectivity index (χ2n) is 9.67. The number of hydrogen-bond donors (Lipinski definition) is 1. The highest BCUT2D eigenvalue weighted by Crippen LogP contribution is 2.31. The summed E-state index contributed by atoms with van der Waals surface area (Å²) in [6.45, 7) is 8.05. The zero-order valence-corrected chi connectivity index (χ0v) is 20.1. The number of halogens is 1. The lowest BCUT2D eigenvalue weighted by atomic mass is 10.0. The minimum atomic E-state index is -0.751. The molecule has 172 valence electrons. The van der Waals surface area contributed by atoms with Gasteiger partial charge in [-0.05, 0) is 44.5 Å². The zero-order valence-electron chi connectivity index (χ0n) is 19.3. The quantitative estimate of drug-likeness (QED) is 0.466. The molecule has 1 aromatic heterocycles. The molecule has 0 spiro atoms. The maximum Gasteiger partial charge on any atom is 0.408 e. The van der Waals surface area contributed by atoms with E-state index >= 15 is 0 Å². The van der Waals surface area contributed by atoms with Crippen LogP contribution in [0.2, 0.25) is 5.15 Å². The molecule has 6 heteroatoms. The number of ether oxygens (including phenoxy) is 1. The molecule has 1 amide bonds. The van der Waals surface area contributed by atoms with Gasteiger partial charge in [0.2, 0.25) is 0 Å². The lowest BCUT2D eigenvalue weighted by molar-refractivity contribution is 0.0480. The van der Waals surface area contributed by atoms with Crippen LogP contribution in [-0.2, 0) is 11.3 Å². The Morgan fingerprint density at radius 2 is 1.91 bits per heavy atom. The summed E-state index contributed by atoms with van der Waals surface area (Å²) in [5.41, 5.74) is 1.76. The van der Waals surface area contributed by atoms with Gasteiger partial charge in [0.15, 0.2) is 0 Å². The van der Waals surface area contributed by atoms with Crippen LogP contribution in [-0.4, -0.2) is 40.2 Å². The number of aromatic nitrogens is 1. The van der Waals surface area contributed by atoms with Crippen LogP contribution in [0.3, 0.4) is 0 Å². The molecule has 33 heavy (non-hydrogen) atoms. The highest BCUT2D eigenvalue weighted by Gasteiger charge is 2.40. The van der Waals surface area contributed by atoms with Crippen molar-refractivity contribution in [1.82, 2.24) is 15.2 Å². The van der Waals surface area contributed by atoms with E-state index in [1.165, 1.54) is 5.56 Å². The van der Waals surface area contributed by atoms with Crippen molar-refractivity contribution < 1.29 is 9.53 Å². The van der Waals surface area contributed by atoms with Gasteiger partial charge in [0.25, 0.3) is 0 Å². The molecule has 0 bridgehead atoms. The number of para-hydroxylation sites is 1. The third-order valence-corrected chi connectivity index (χ3v) is 5.94. The second-order valence-corrected chi connectivity index (χ2v) is 10.0. The Morgan fingerprint density at radius 1 is 1.18 bits per heavy atom.